The van der Waals surface area contributed by atoms with Crippen LogP contribution in [0.4, 0.5) is 0 Å². The van der Waals surface area contributed by atoms with Gasteiger partial charge in [0.1, 0.15) is 28.2 Å². The average Bonchev–Trinajstić information content (AvgIpc) is 3.12. The molecule has 0 radical (unpaired) electrons. The maximum atomic E-state index is 13.2. The number of rotatable bonds is 5. The normalized spacial score (nSPS) is 19.4. The zero-order valence-electron chi connectivity index (χ0n) is 17.1. The molecule has 4 rings (SSSR count). The summed E-state index contributed by atoms with van der Waals surface area (Å²) in [5, 5.41) is 10.4. The van der Waals surface area contributed by atoms with Crippen molar-refractivity contribution in [3.05, 3.63) is 56.7 Å². The van der Waals surface area contributed by atoms with Gasteiger partial charge in [-0.15, -0.1) is 0 Å². The van der Waals surface area contributed by atoms with E-state index in [1.807, 2.05) is 31.3 Å². The molecule has 30 heavy (non-hydrogen) atoms. The highest BCUT2D eigenvalue weighted by molar-refractivity contribution is 9.10. The van der Waals surface area contributed by atoms with Crippen molar-refractivity contribution in [1.82, 2.24) is 4.90 Å². The molecule has 0 spiro atoms. The summed E-state index contributed by atoms with van der Waals surface area (Å²) in [6, 6.07) is 10.8. The Labute approximate surface area is 183 Å². The van der Waals surface area contributed by atoms with Gasteiger partial charge < -0.3 is 23.9 Å². The number of nitrogens with zero attached hydrogens (tertiary/aromatic N) is 1. The van der Waals surface area contributed by atoms with Crippen LogP contribution in [-0.4, -0.2) is 50.5 Å². The van der Waals surface area contributed by atoms with Gasteiger partial charge in [-0.1, -0.05) is 28.1 Å². The number of fused-ring (bicyclic) bond motifs is 1. The fraction of sp³-hybridized carbons (Fsp3) is 0.348. The first-order valence-electron chi connectivity index (χ1n) is 9.78. The standard InChI is InChI=1S/C23H24BrNO5/c1-25-8-7-15(16(25)12-26)21-19(28-2)11-20(29-3)22-17(27)10-18(30-23(21)22)13-5-4-6-14(24)9-13/h4-6,9-11,15-16,26H,7-8,12H2,1-3H3/t15-,16+/m0/s1. The lowest BCUT2D eigenvalue weighted by molar-refractivity contribution is 0.171. The Morgan fingerprint density at radius 1 is 1.20 bits per heavy atom. The first-order valence-corrected chi connectivity index (χ1v) is 10.6. The van der Waals surface area contributed by atoms with Gasteiger partial charge in [-0.25, -0.2) is 0 Å². The summed E-state index contributed by atoms with van der Waals surface area (Å²) < 4.78 is 18.4. The first kappa shape index (κ1) is 20.9. The van der Waals surface area contributed by atoms with Gasteiger partial charge in [-0.05, 0) is 32.1 Å². The lowest BCUT2D eigenvalue weighted by Gasteiger charge is -2.25. The lowest BCUT2D eigenvalue weighted by atomic mass is 9.89. The van der Waals surface area contributed by atoms with Crippen LogP contribution in [0.25, 0.3) is 22.3 Å². The molecule has 0 bridgehead atoms. The van der Waals surface area contributed by atoms with E-state index < -0.39 is 0 Å². The van der Waals surface area contributed by atoms with Crippen molar-refractivity contribution in [1.29, 1.82) is 0 Å². The molecule has 0 aliphatic carbocycles. The number of aliphatic hydroxyl groups excluding tert-OH is 1. The number of methoxy groups -OCH3 is 2. The van der Waals surface area contributed by atoms with Gasteiger partial charge in [0.2, 0.25) is 0 Å². The van der Waals surface area contributed by atoms with E-state index in [0.717, 1.165) is 28.6 Å². The van der Waals surface area contributed by atoms with E-state index in [-0.39, 0.29) is 24.0 Å². The molecule has 2 heterocycles. The molecule has 1 saturated heterocycles. The quantitative estimate of drug-likeness (QED) is 0.603. The minimum absolute atomic E-state index is 0.00734. The Bertz CT molecular complexity index is 1140. The van der Waals surface area contributed by atoms with Crippen LogP contribution < -0.4 is 14.9 Å². The molecular formula is C23H24BrNO5. The van der Waals surface area contributed by atoms with Gasteiger partial charge >= 0.3 is 0 Å². The van der Waals surface area contributed by atoms with Crippen molar-refractivity contribution < 1.29 is 19.0 Å². The van der Waals surface area contributed by atoms with Crippen LogP contribution >= 0.6 is 15.9 Å². The van der Waals surface area contributed by atoms with Gasteiger partial charge in [0.05, 0.1) is 20.8 Å². The molecule has 0 amide bonds. The summed E-state index contributed by atoms with van der Waals surface area (Å²) in [6.07, 6.45) is 0.824. The Balaban J connectivity index is 2.05. The van der Waals surface area contributed by atoms with Crippen LogP contribution in [0.15, 0.2) is 50.1 Å². The van der Waals surface area contributed by atoms with Crippen LogP contribution in [0.2, 0.25) is 0 Å². The highest BCUT2D eigenvalue weighted by Crippen LogP contribution is 2.44. The predicted octanol–water partition coefficient (Wildman–Crippen LogP) is 4.02. The van der Waals surface area contributed by atoms with Gasteiger partial charge in [0.15, 0.2) is 5.43 Å². The SMILES string of the molecule is COc1cc(OC)c2c(=O)cc(-c3cccc(Br)c3)oc2c1[C@H]1CCN(C)[C@@H]1CO. The molecule has 0 unspecified atom stereocenters. The van der Waals surface area contributed by atoms with E-state index in [4.69, 9.17) is 13.9 Å². The Hall–Kier alpha value is -2.35. The van der Waals surface area contributed by atoms with Gasteiger partial charge in [-0.2, -0.15) is 0 Å². The van der Waals surface area contributed by atoms with Gasteiger partial charge in [0, 0.05) is 39.7 Å². The molecule has 1 fully saturated rings. The van der Waals surface area contributed by atoms with E-state index >= 15 is 0 Å². The number of hydrogen-bond donors (Lipinski definition) is 1. The predicted molar refractivity (Wildman–Crippen MR) is 120 cm³/mol. The lowest BCUT2D eigenvalue weighted by Crippen LogP contribution is -2.32. The maximum Gasteiger partial charge on any atom is 0.197 e. The smallest absolute Gasteiger partial charge is 0.197 e. The molecule has 1 aromatic heterocycles. The second-order valence-corrected chi connectivity index (χ2v) is 8.43. The molecule has 6 nitrogen and oxygen atoms in total. The fourth-order valence-corrected chi connectivity index (χ4v) is 4.77. The van der Waals surface area contributed by atoms with Crippen LogP contribution in [-0.2, 0) is 0 Å². The number of benzene rings is 2. The van der Waals surface area contributed by atoms with Gasteiger partial charge in [-0.3, -0.25) is 4.79 Å². The number of halogens is 1. The van der Waals surface area contributed by atoms with Crippen molar-refractivity contribution in [2.24, 2.45) is 0 Å². The van der Waals surface area contributed by atoms with Gasteiger partial charge in [0.25, 0.3) is 0 Å². The van der Waals surface area contributed by atoms with E-state index in [1.165, 1.54) is 13.2 Å². The minimum atomic E-state index is -0.182. The van der Waals surface area contributed by atoms with E-state index in [9.17, 15) is 9.90 Å². The Morgan fingerprint density at radius 3 is 2.63 bits per heavy atom. The molecule has 2 atom stereocenters. The average molecular weight is 474 g/mol. The number of aliphatic hydroxyl groups is 1. The molecule has 158 valence electrons. The minimum Gasteiger partial charge on any atom is -0.496 e. The number of likely N-dealkylation sites (N-methyl/N-ethyl adjacent to an activating group) is 1. The zero-order chi connectivity index (χ0) is 21.4. The van der Waals surface area contributed by atoms with Crippen molar-refractivity contribution in [3.8, 4) is 22.8 Å². The molecule has 1 aliphatic heterocycles. The van der Waals surface area contributed by atoms with Crippen molar-refractivity contribution >= 4 is 26.9 Å². The Morgan fingerprint density at radius 2 is 1.97 bits per heavy atom. The summed E-state index contributed by atoms with van der Waals surface area (Å²) in [5.41, 5.74) is 1.86. The van der Waals surface area contributed by atoms with Crippen LogP contribution in [0.1, 0.15) is 17.9 Å². The Kier molecular flexibility index (Phi) is 5.86. The van der Waals surface area contributed by atoms with Crippen LogP contribution in [0, 0.1) is 0 Å². The summed E-state index contributed by atoms with van der Waals surface area (Å²) in [4.78, 5) is 15.3. The molecule has 1 N–H and O–H groups in total. The molecule has 3 aromatic rings. The van der Waals surface area contributed by atoms with E-state index in [1.54, 1.807) is 13.2 Å². The zero-order valence-corrected chi connectivity index (χ0v) is 18.7. The third-order valence-corrected chi connectivity index (χ3v) is 6.39. The van der Waals surface area contributed by atoms with Crippen molar-refractivity contribution in [2.45, 2.75) is 18.4 Å². The number of likely N-dealkylation sites (tertiary alicyclic amines) is 1. The maximum absolute atomic E-state index is 13.2. The largest absolute Gasteiger partial charge is 0.496 e. The van der Waals surface area contributed by atoms with Crippen LogP contribution in [0.3, 0.4) is 0 Å². The fourth-order valence-electron chi connectivity index (χ4n) is 4.37. The van der Waals surface area contributed by atoms with E-state index in [2.05, 4.69) is 20.8 Å². The number of ether oxygens (including phenoxy) is 2. The number of hydrogen-bond acceptors (Lipinski definition) is 6. The molecule has 2 aromatic carbocycles. The molecule has 1 aliphatic rings. The van der Waals surface area contributed by atoms with E-state index in [0.29, 0.717) is 28.2 Å². The third kappa shape index (κ3) is 3.51. The van der Waals surface area contributed by atoms with Crippen molar-refractivity contribution in [3.63, 3.8) is 0 Å². The molecule has 0 saturated carbocycles. The second kappa shape index (κ2) is 8.41. The summed E-state index contributed by atoms with van der Waals surface area (Å²) in [6.45, 7) is 0.843. The summed E-state index contributed by atoms with van der Waals surface area (Å²) in [5.74, 6) is 1.43. The summed E-state index contributed by atoms with van der Waals surface area (Å²) >= 11 is 3.47. The molecular weight excluding hydrogens is 450 g/mol. The molecule has 7 heteroatoms. The van der Waals surface area contributed by atoms with Crippen LogP contribution in [0.5, 0.6) is 11.5 Å². The van der Waals surface area contributed by atoms with Crippen molar-refractivity contribution in [2.75, 3.05) is 34.4 Å². The highest BCUT2D eigenvalue weighted by Gasteiger charge is 2.37. The summed E-state index contributed by atoms with van der Waals surface area (Å²) in [7, 11) is 5.10. The second-order valence-electron chi connectivity index (χ2n) is 7.51. The monoisotopic (exact) mass is 473 g/mol. The topological polar surface area (TPSA) is 72.1 Å². The third-order valence-electron chi connectivity index (χ3n) is 5.90. The first-order chi connectivity index (χ1) is 14.5. The highest BCUT2D eigenvalue weighted by atomic mass is 79.9.